The van der Waals surface area contributed by atoms with Crippen molar-refractivity contribution >= 4 is 21.4 Å². The van der Waals surface area contributed by atoms with Gasteiger partial charge in [0.2, 0.25) is 10.0 Å². The minimum absolute atomic E-state index is 0.155. The van der Waals surface area contributed by atoms with E-state index in [9.17, 15) is 17.2 Å². The monoisotopic (exact) mass is 298 g/mol. The summed E-state index contributed by atoms with van der Waals surface area (Å²) in [6, 6.07) is 8.77. The summed E-state index contributed by atoms with van der Waals surface area (Å²) < 4.78 is 51.9. The first-order valence-electron chi connectivity index (χ1n) is 5.65. The molecule has 2 aromatic carbocycles. The third-order valence-corrected chi connectivity index (χ3v) is 3.73. The van der Waals surface area contributed by atoms with Gasteiger partial charge in [0.25, 0.3) is 0 Å². The van der Waals surface area contributed by atoms with Crippen LogP contribution in [0.1, 0.15) is 5.56 Å². The Morgan fingerprint density at radius 2 is 1.55 bits per heavy atom. The van der Waals surface area contributed by atoms with E-state index in [0.29, 0.717) is 17.3 Å². The van der Waals surface area contributed by atoms with Crippen molar-refractivity contribution in [1.82, 2.24) is 0 Å². The highest BCUT2D eigenvalue weighted by Crippen LogP contribution is 2.16. The summed E-state index contributed by atoms with van der Waals surface area (Å²) in [6.07, 6.45) is 0. The summed E-state index contributed by atoms with van der Waals surface area (Å²) in [5, 5.41) is 0. The second kappa shape index (κ2) is 5.46. The number of anilines is 2. The van der Waals surface area contributed by atoms with Crippen molar-refractivity contribution in [2.24, 2.45) is 0 Å². The summed E-state index contributed by atoms with van der Waals surface area (Å²) in [6.45, 7) is 0. The molecule has 0 aromatic heterocycles. The van der Waals surface area contributed by atoms with Crippen LogP contribution in [-0.4, -0.2) is 8.42 Å². The Bertz CT molecular complexity index is 695. The predicted molar refractivity (Wildman–Crippen MR) is 73.5 cm³/mol. The number of benzene rings is 2. The average Bonchev–Trinajstić information content (AvgIpc) is 2.29. The molecule has 3 N–H and O–H groups in total. The van der Waals surface area contributed by atoms with Gasteiger partial charge in [-0.3, -0.25) is 4.72 Å². The topological polar surface area (TPSA) is 72.2 Å². The smallest absolute Gasteiger partial charge is 0.236 e. The van der Waals surface area contributed by atoms with Gasteiger partial charge in [0.1, 0.15) is 11.6 Å². The molecule has 20 heavy (non-hydrogen) atoms. The van der Waals surface area contributed by atoms with E-state index in [2.05, 4.69) is 4.72 Å². The van der Waals surface area contributed by atoms with Gasteiger partial charge in [0, 0.05) is 11.8 Å². The molecule has 0 unspecified atom stereocenters. The van der Waals surface area contributed by atoms with Crippen LogP contribution in [0.3, 0.4) is 0 Å². The van der Waals surface area contributed by atoms with E-state index >= 15 is 0 Å². The maximum absolute atomic E-state index is 13.0. The van der Waals surface area contributed by atoms with Crippen LogP contribution in [0, 0.1) is 11.6 Å². The molecule has 0 radical (unpaired) electrons. The van der Waals surface area contributed by atoms with Crippen LogP contribution >= 0.6 is 0 Å². The molecule has 0 bridgehead atoms. The quantitative estimate of drug-likeness (QED) is 0.852. The first-order valence-corrected chi connectivity index (χ1v) is 7.30. The molecule has 0 heterocycles. The summed E-state index contributed by atoms with van der Waals surface area (Å²) in [4.78, 5) is 0. The lowest BCUT2D eigenvalue weighted by molar-refractivity contribution is 0.584. The molecule has 0 aliphatic heterocycles. The zero-order valence-corrected chi connectivity index (χ0v) is 11.1. The summed E-state index contributed by atoms with van der Waals surface area (Å²) >= 11 is 0. The van der Waals surface area contributed by atoms with Gasteiger partial charge >= 0.3 is 0 Å². The Balaban J connectivity index is 2.16. The highest BCUT2D eigenvalue weighted by Gasteiger charge is 2.13. The standard InChI is InChI=1S/C13H12F2N2O2S/c14-10-5-11(15)7-13(6-10)17-20(18,19)8-9-1-3-12(16)4-2-9/h1-7,17H,8,16H2. The second-order valence-electron chi connectivity index (χ2n) is 4.26. The van der Waals surface area contributed by atoms with Gasteiger partial charge in [-0.15, -0.1) is 0 Å². The predicted octanol–water partition coefficient (Wildman–Crippen LogP) is 2.49. The van der Waals surface area contributed by atoms with Crippen molar-refractivity contribution in [2.75, 3.05) is 10.5 Å². The Labute approximate surface area is 115 Å². The number of hydrogen-bond acceptors (Lipinski definition) is 3. The van der Waals surface area contributed by atoms with Crippen LogP contribution in [0.25, 0.3) is 0 Å². The number of nitrogens with two attached hydrogens (primary N) is 1. The molecule has 0 atom stereocenters. The summed E-state index contributed by atoms with van der Waals surface area (Å²) in [5.74, 6) is -2.02. The van der Waals surface area contributed by atoms with Crippen LogP contribution in [-0.2, 0) is 15.8 Å². The van der Waals surface area contributed by atoms with Crippen LogP contribution in [0.15, 0.2) is 42.5 Å². The Hall–Kier alpha value is -2.15. The average molecular weight is 298 g/mol. The fourth-order valence-electron chi connectivity index (χ4n) is 1.66. The SMILES string of the molecule is Nc1ccc(CS(=O)(=O)Nc2cc(F)cc(F)c2)cc1. The first kappa shape index (κ1) is 14.3. The Kier molecular flexibility index (Phi) is 3.89. The van der Waals surface area contributed by atoms with Crippen molar-refractivity contribution < 1.29 is 17.2 Å². The van der Waals surface area contributed by atoms with Crippen LogP contribution in [0.2, 0.25) is 0 Å². The number of hydrogen-bond donors (Lipinski definition) is 2. The molecule has 0 aliphatic rings. The Morgan fingerprint density at radius 3 is 2.10 bits per heavy atom. The highest BCUT2D eigenvalue weighted by atomic mass is 32.2. The highest BCUT2D eigenvalue weighted by molar-refractivity contribution is 7.91. The molecule has 2 rings (SSSR count). The van der Waals surface area contributed by atoms with Gasteiger partial charge in [-0.25, -0.2) is 17.2 Å². The van der Waals surface area contributed by atoms with Gasteiger partial charge < -0.3 is 5.73 Å². The van der Waals surface area contributed by atoms with E-state index < -0.39 is 21.7 Å². The lowest BCUT2D eigenvalue weighted by Crippen LogP contribution is -2.15. The lowest BCUT2D eigenvalue weighted by atomic mass is 10.2. The normalized spacial score (nSPS) is 11.3. The van der Waals surface area contributed by atoms with Crippen molar-refractivity contribution in [1.29, 1.82) is 0 Å². The van der Waals surface area contributed by atoms with Crippen molar-refractivity contribution in [3.63, 3.8) is 0 Å². The molecule has 0 saturated heterocycles. The molecule has 106 valence electrons. The van der Waals surface area contributed by atoms with E-state index in [4.69, 9.17) is 5.73 Å². The summed E-state index contributed by atoms with van der Waals surface area (Å²) in [7, 11) is -3.76. The minimum atomic E-state index is -3.76. The zero-order valence-electron chi connectivity index (χ0n) is 10.3. The molecule has 7 heteroatoms. The maximum atomic E-state index is 13.0. The maximum Gasteiger partial charge on any atom is 0.236 e. The van der Waals surface area contributed by atoms with E-state index in [1.807, 2.05) is 0 Å². The van der Waals surface area contributed by atoms with Gasteiger partial charge in [-0.05, 0) is 29.8 Å². The number of sulfonamides is 1. The zero-order chi connectivity index (χ0) is 14.8. The van der Waals surface area contributed by atoms with Gasteiger partial charge in [-0.2, -0.15) is 0 Å². The molecular formula is C13H12F2N2O2S. The second-order valence-corrected chi connectivity index (χ2v) is 5.98. The van der Waals surface area contributed by atoms with Crippen LogP contribution < -0.4 is 10.5 Å². The molecule has 4 nitrogen and oxygen atoms in total. The molecule has 0 saturated carbocycles. The lowest BCUT2D eigenvalue weighted by Gasteiger charge is -2.08. The number of rotatable bonds is 4. The van der Waals surface area contributed by atoms with Gasteiger partial charge in [-0.1, -0.05) is 12.1 Å². The molecule has 0 aliphatic carbocycles. The fourth-order valence-corrected chi connectivity index (χ4v) is 2.84. The van der Waals surface area contributed by atoms with Crippen molar-refractivity contribution in [3.05, 3.63) is 59.7 Å². The van der Waals surface area contributed by atoms with E-state index in [-0.39, 0.29) is 11.4 Å². The Morgan fingerprint density at radius 1 is 1.00 bits per heavy atom. The van der Waals surface area contributed by atoms with E-state index in [1.165, 1.54) is 0 Å². The van der Waals surface area contributed by atoms with E-state index in [1.54, 1.807) is 24.3 Å². The number of halogens is 2. The number of nitrogens with one attached hydrogen (secondary N) is 1. The third-order valence-electron chi connectivity index (χ3n) is 2.47. The molecule has 0 fully saturated rings. The van der Waals surface area contributed by atoms with Crippen molar-refractivity contribution in [2.45, 2.75) is 5.75 Å². The largest absolute Gasteiger partial charge is 0.399 e. The fraction of sp³-hybridized carbons (Fsp3) is 0.0769. The first-order chi connectivity index (χ1) is 9.34. The summed E-state index contributed by atoms with van der Waals surface area (Å²) in [5.41, 5.74) is 6.38. The molecular weight excluding hydrogens is 286 g/mol. The van der Waals surface area contributed by atoms with Gasteiger partial charge in [0.05, 0.1) is 11.4 Å². The number of nitrogen functional groups attached to an aromatic ring is 1. The van der Waals surface area contributed by atoms with Gasteiger partial charge in [0.15, 0.2) is 0 Å². The molecule has 0 spiro atoms. The molecule has 2 aromatic rings. The minimum Gasteiger partial charge on any atom is -0.399 e. The van der Waals surface area contributed by atoms with E-state index in [0.717, 1.165) is 12.1 Å². The molecule has 0 amide bonds. The van der Waals surface area contributed by atoms with Crippen LogP contribution in [0.5, 0.6) is 0 Å². The third kappa shape index (κ3) is 3.92. The van der Waals surface area contributed by atoms with Crippen molar-refractivity contribution in [3.8, 4) is 0 Å². The van der Waals surface area contributed by atoms with Crippen LogP contribution in [0.4, 0.5) is 20.2 Å².